The van der Waals surface area contributed by atoms with Crippen LogP contribution in [0.3, 0.4) is 0 Å². The summed E-state index contributed by atoms with van der Waals surface area (Å²) in [6.45, 7) is 4.04. The van der Waals surface area contributed by atoms with Crippen LogP contribution in [0.4, 0.5) is 4.79 Å². The first-order valence-corrected chi connectivity index (χ1v) is 7.88. The van der Waals surface area contributed by atoms with Crippen LogP contribution in [-0.4, -0.2) is 40.4 Å². The van der Waals surface area contributed by atoms with Gasteiger partial charge in [-0.25, -0.2) is 4.79 Å². The normalized spacial score (nSPS) is 22.6. The van der Waals surface area contributed by atoms with Crippen LogP contribution in [-0.2, 0) is 4.79 Å². The molecule has 0 unspecified atom stereocenters. The minimum absolute atomic E-state index is 0.0427. The monoisotopic (exact) mass is 300 g/mol. The molecule has 0 aromatic carbocycles. The quantitative estimate of drug-likeness (QED) is 0.577. The average molecular weight is 300 g/mol. The molecule has 0 saturated heterocycles. The van der Waals surface area contributed by atoms with Crippen LogP contribution in [0.1, 0.15) is 58.8 Å². The van der Waals surface area contributed by atoms with E-state index in [-0.39, 0.29) is 30.1 Å². The molecule has 0 bridgehead atoms. The maximum absolute atomic E-state index is 12.1. The number of carbonyl (C=O) groups excluding carboxylic acids is 1. The van der Waals surface area contributed by atoms with Crippen LogP contribution in [0.5, 0.6) is 0 Å². The van der Waals surface area contributed by atoms with Gasteiger partial charge in [0.1, 0.15) is 0 Å². The Hall–Kier alpha value is -1.30. The minimum atomic E-state index is -0.739. The Morgan fingerprint density at radius 2 is 1.71 bits per heavy atom. The SMILES string of the molecule is CCC(CC)(CCO)NC(=O)NC1CCC(C(=O)O)CC1. The fraction of sp³-hybridized carbons (Fsp3) is 0.867. The highest BCUT2D eigenvalue weighted by Crippen LogP contribution is 2.25. The van der Waals surface area contributed by atoms with Crippen molar-refractivity contribution in [2.75, 3.05) is 6.61 Å². The minimum Gasteiger partial charge on any atom is -0.481 e. The molecule has 1 fully saturated rings. The predicted molar refractivity (Wildman–Crippen MR) is 80.1 cm³/mol. The fourth-order valence-corrected chi connectivity index (χ4v) is 3.00. The van der Waals surface area contributed by atoms with E-state index in [0.717, 1.165) is 12.8 Å². The Balaban J connectivity index is 2.45. The van der Waals surface area contributed by atoms with Crippen LogP contribution in [0.25, 0.3) is 0 Å². The van der Waals surface area contributed by atoms with Crippen LogP contribution in [0.2, 0.25) is 0 Å². The lowest BCUT2D eigenvalue weighted by molar-refractivity contribution is -0.142. The van der Waals surface area contributed by atoms with Gasteiger partial charge in [0.2, 0.25) is 0 Å². The van der Waals surface area contributed by atoms with Gasteiger partial charge in [0.05, 0.1) is 5.92 Å². The molecule has 6 nitrogen and oxygen atoms in total. The molecule has 1 aliphatic rings. The number of urea groups is 1. The summed E-state index contributed by atoms with van der Waals surface area (Å²) < 4.78 is 0. The predicted octanol–water partition coefficient (Wildman–Crippen LogP) is 1.87. The van der Waals surface area contributed by atoms with Gasteiger partial charge in [0.15, 0.2) is 0 Å². The maximum Gasteiger partial charge on any atom is 0.315 e. The van der Waals surface area contributed by atoms with E-state index in [1.165, 1.54) is 0 Å². The third kappa shape index (κ3) is 5.19. The van der Waals surface area contributed by atoms with E-state index in [4.69, 9.17) is 10.2 Å². The van der Waals surface area contributed by atoms with Crippen molar-refractivity contribution in [3.8, 4) is 0 Å². The van der Waals surface area contributed by atoms with Gasteiger partial charge in [-0.2, -0.15) is 0 Å². The van der Waals surface area contributed by atoms with Crippen molar-refractivity contribution in [2.45, 2.75) is 70.4 Å². The summed E-state index contributed by atoms with van der Waals surface area (Å²) >= 11 is 0. The van der Waals surface area contributed by atoms with Gasteiger partial charge in [-0.15, -0.1) is 0 Å². The summed E-state index contributed by atoms with van der Waals surface area (Å²) in [5.41, 5.74) is -0.364. The van der Waals surface area contributed by atoms with E-state index in [1.807, 2.05) is 13.8 Å². The zero-order chi connectivity index (χ0) is 15.9. The smallest absolute Gasteiger partial charge is 0.315 e. The number of carbonyl (C=O) groups is 2. The fourth-order valence-electron chi connectivity index (χ4n) is 3.00. The van der Waals surface area contributed by atoms with Gasteiger partial charge in [-0.1, -0.05) is 13.8 Å². The number of nitrogens with one attached hydrogen (secondary N) is 2. The van der Waals surface area contributed by atoms with Crippen molar-refractivity contribution in [1.82, 2.24) is 10.6 Å². The average Bonchev–Trinajstić information content (AvgIpc) is 2.47. The first-order valence-electron chi connectivity index (χ1n) is 7.88. The van der Waals surface area contributed by atoms with E-state index >= 15 is 0 Å². The molecule has 0 radical (unpaired) electrons. The summed E-state index contributed by atoms with van der Waals surface area (Å²) in [7, 11) is 0. The number of carboxylic acids is 1. The molecule has 0 heterocycles. The largest absolute Gasteiger partial charge is 0.481 e. The maximum atomic E-state index is 12.1. The zero-order valence-electron chi connectivity index (χ0n) is 13.0. The first kappa shape index (κ1) is 17.8. The van der Waals surface area contributed by atoms with Gasteiger partial charge in [-0.05, 0) is 44.9 Å². The number of rotatable bonds is 7. The van der Waals surface area contributed by atoms with Gasteiger partial charge in [0.25, 0.3) is 0 Å². The molecule has 21 heavy (non-hydrogen) atoms. The second kappa shape index (κ2) is 8.22. The topological polar surface area (TPSA) is 98.7 Å². The lowest BCUT2D eigenvalue weighted by Gasteiger charge is -2.34. The molecule has 6 heteroatoms. The Labute approximate surface area is 126 Å². The molecule has 0 aliphatic heterocycles. The van der Waals surface area contributed by atoms with E-state index in [2.05, 4.69) is 10.6 Å². The van der Waals surface area contributed by atoms with E-state index < -0.39 is 5.97 Å². The third-order valence-electron chi connectivity index (χ3n) is 4.73. The Morgan fingerprint density at radius 3 is 2.14 bits per heavy atom. The Bertz CT molecular complexity index is 348. The molecular weight excluding hydrogens is 272 g/mol. The summed E-state index contributed by atoms with van der Waals surface area (Å²) in [5.74, 6) is -1.01. The zero-order valence-corrected chi connectivity index (χ0v) is 13.0. The van der Waals surface area contributed by atoms with Crippen LogP contribution >= 0.6 is 0 Å². The molecule has 1 aliphatic carbocycles. The highest BCUT2D eigenvalue weighted by atomic mass is 16.4. The number of aliphatic hydroxyl groups excluding tert-OH is 1. The lowest BCUT2D eigenvalue weighted by Crippen LogP contribution is -2.54. The summed E-state index contributed by atoms with van der Waals surface area (Å²) in [6, 6.07) is -0.174. The van der Waals surface area contributed by atoms with Gasteiger partial charge in [-0.3, -0.25) is 4.79 Å². The second-order valence-corrected chi connectivity index (χ2v) is 5.95. The molecule has 0 atom stereocenters. The van der Waals surface area contributed by atoms with Crippen molar-refractivity contribution >= 4 is 12.0 Å². The van der Waals surface area contributed by atoms with E-state index in [0.29, 0.717) is 32.1 Å². The first-order chi connectivity index (χ1) is 9.96. The van der Waals surface area contributed by atoms with Crippen LogP contribution < -0.4 is 10.6 Å². The third-order valence-corrected chi connectivity index (χ3v) is 4.73. The number of hydrogen-bond acceptors (Lipinski definition) is 3. The van der Waals surface area contributed by atoms with Crippen molar-refractivity contribution in [3.63, 3.8) is 0 Å². The molecule has 0 aromatic rings. The Kier molecular flexibility index (Phi) is 6.95. The van der Waals surface area contributed by atoms with Gasteiger partial charge in [0, 0.05) is 18.2 Å². The number of carboxylic acid groups (broad SMARTS) is 1. The number of hydrogen-bond donors (Lipinski definition) is 4. The molecule has 2 amide bonds. The second-order valence-electron chi connectivity index (χ2n) is 5.95. The Morgan fingerprint density at radius 1 is 1.14 bits per heavy atom. The molecule has 4 N–H and O–H groups in total. The summed E-state index contributed by atoms with van der Waals surface area (Å²) in [5, 5.41) is 24.0. The van der Waals surface area contributed by atoms with Crippen molar-refractivity contribution < 1.29 is 19.8 Å². The van der Waals surface area contributed by atoms with Crippen molar-refractivity contribution in [2.24, 2.45) is 5.92 Å². The number of aliphatic carboxylic acids is 1. The molecule has 1 saturated carbocycles. The van der Waals surface area contributed by atoms with Gasteiger partial charge < -0.3 is 20.8 Å². The van der Waals surface area contributed by atoms with E-state index in [9.17, 15) is 9.59 Å². The number of amides is 2. The molecule has 1 rings (SSSR count). The highest BCUT2D eigenvalue weighted by molar-refractivity contribution is 5.75. The van der Waals surface area contributed by atoms with Gasteiger partial charge >= 0.3 is 12.0 Å². The molecule has 122 valence electrons. The number of aliphatic hydroxyl groups is 1. The summed E-state index contributed by atoms with van der Waals surface area (Å²) in [4.78, 5) is 23.0. The molecule has 0 spiro atoms. The van der Waals surface area contributed by atoms with Crippen LogP contribution in [0, 0.1) is 5.92 Å². The van der Waals surface area contributed by atoms with Crippen molar-refractivity contribution in [3.05, 3.63) is 0 Å². The van der Waals surface area contributed by atoms with E-state index in [1.54, 1.807) is 0 Å². The van der Waals surface area contributed by atoms with Crippen LogP contribution in [0.15, 0.2) is 0 Å². The van der Waals surface area contributed by atoms with Crippen molar-refractivity contribution in [1.29, 1.82) is 0 Å². The standard InChI is InChI=1S/C15H28N2O4/c1-3-15(4-2,9-10-18)17-14(21)16-12-7-5-11(6-8-12)13(19)20/h11-12,18H,3-10H2,1-2H3,(H,19,20)(H2,16,17,21). The molecule has 0 aromatic heterocycles. The summed E-state index contributed by atoms with van der Waals surface area (Å²) in [6.07, 6.45) is 4.71. The lowest BCUT2D eigenvalue weighted by atomic mass is 9.86. The highest BCUT2D eigenvalue weighted by Gasteiger charge is 2.30. The molecular formula is C15H28N2O4.